The van der Waals surface area contributed by atoms with Crippen molar-refractivity contribution in [1.29, 1.82) is 0 Å². The molecule has 116 valence electrons. The van der Waals surface area contributed by atoms with Crippen LogP contribution in [0.4, 0.5) is 0 Å². The first-order valence-electron chi connectivity index (χ1n) is 6.54. The molecule has 1 heterocycles. The molecule has 3 rings (SSSR count). The van der Waals surface area contributed by atoms with Crippen molar-refractivity contribution in [2.75, 3.05) is 0 Å². The maximum absolute atomic E-state index is 9.78. The van der Waals surface area contributed by atoms with Gasteiger partial charge in [0.1, 0.15) is 11.5 Å². The highest BCUT2D eigenvalue weighted by Crippen LogP contribution is 2.22. The van der Waals surface area contributed by atoms with Gasteiger partial charge in [-0.15, -0.1) is 0 Å². The molecule has 0 atom stereocenters. The molecule has 0 aliphatic carbocycles. The van der Waals surface area contributed by atoms with Crippen molar-refractivity contribution in [3.63, 3.8) is 0 Å². The van der Waals surface area contributed by atoms with Crippen LogP contribution < -0.4 is 0 Å². The summed E-state index contributed by atoms with van der Waals surface area (Å²) in [7, 11) is 0. The highest BCUT2D eigenvalue weighted by molar-refractivity contribution is 7.71. The number of phenols is 2. The second-order valence-corrected chi connectivity index (χ2v) is 5.48. The number of aromatic amines is 1. The summed E-state index contributed by atoms with van der Waals surface area (Å²) in [4.78, 5) is 0. The lowest BCUT2D eigenvalue weighted by Gasteiger charge is -2.02. The normalized spacial score (nSPS) is 11.2. The number of nitrogens with zero attached hydrogens (tertiary/aromatic N) is 3. The number of hydrogen-bond donors (Lipinski definition) is 3. The summed E-state index contributed by atoms with van der Waals surface area (Å²) in [6.45, 7) is 0. The standard InChI is InChI=1S/C15H11ClN4O2S/c16-11-4-1-9(2-5-11)14-18-19-15(23)20(14)17-8-10-3-6-12(21)7-13(10)22/h1-8,21-22H,(H,19,23). The summed E-state index contributed by atoms with van der Waals surface area (Å²) < 4.78 is 1.75. The number of benzene rings is 2. The number of nitrogens with one attached hydrogen (secondary N) is 1. The van der Waals surface area contributed by atoms with Crippen LogP contribution in [0.3, 0.4) is 0 Å². The molecule has 0 fully saturated rings. The van der Waals surface area contributed by atoms with Crippen LogP contribution >= 0.6 is 23.8 Å². The summed E-state index contributed by atoms with van der Waals surface area (Å²) in [6.07, 6.45) is 1.43. The van der Waals surface area contributed by atoms with E-state index in [4.69, 9.17) is 23.8 Å². The Hall–Kier alpha value is -2.64. The molecule has 0 unspecified atom stereocenters. The van der Waals surface area contributed by atoms with Gasteiger partial charge in [-0.2, -0.15) is 14.9 Å². The van der Waals surface area contributed by atoms with E-state index in [0.717, 1.165) is 5.56 Å². The fourth-order valence-electron chi connectivity index (χ4n) is 1.95. The fourth-order valence-corrected chi connectivity index (χ4v) is 2.25. The van der Waals surface area contributed by atoms with Gasteiger partial charge in [-0.25, -0.2) is 5.10 Å². The first-order chi connectivity index (χ1) is 11.0. The highest BCUT2D eigenvalue weighted by atomic mass is 35.5. The third-order valence-electron chi connectivity index (χ3n) is 3.08. The van der Waals surface area contributed by atoms with Crippen molar-refractivity contribution in [1.82, 2.24) is 14.9 Å². The van der Waals surface area contributed by atoms with E-state index in [2.05, 4.69) is 15.3 Å². The van der Waals surface area contributed by atoms with Crippen LogP contribution in [0.5, 0.6) is 11.5 Å². The zero-order chi connectivity index (χ0) is 16.4. The first-order valence-corrected chi connectivity index (χ1v) is 7.33. The van der Waals surface area contributed by atoms with Gasteiger partial charge in [-0.05, 0) is 48.6 Å². The van der Waals surface area contributed by atoms with Crippen LogP contribution in [-0.2, 0) is 0 Å². The maximum Gasteiger partial charge on any atom is 0.216 e. The van der Waals surface area contributed by atoms with Gasteiger partial charge in [-0.3, -0.25) is 0 Å². The highest BCUT2D eigenvalue weighted by Gasteiger charge is 2.08. The summed E-state index contributed by atoms with van der Waals surface area (Å²) >= 11 is 11.1. The molecular formula is C15H11ClN4O2S. The van der Waals surface area contributed by atoms with Crippen molar-refractivity contribution < 1.29 is 10.2 Å². The average molecular weight is 347 g/mol. The number of aromatic hydroxyl groups is 2. The van der Waals surface area contributed by atoms with E-state index in [-0.39, 0.29) is 11.5 Å². The number of phenolic OH excluding ortho intramolecular Hbond substituents is 2. The van der Waals surface area contributed by atoms with Crippen molar-refractivity contribution in [3.8, 4) is 22.9 Å². The minimum atomic E-state index is -0.0863. The van der Waals surface area contributed by atoms with Gasteiger partial charge in [0.25, 0.3) is 0 Å². The third kappa shape index (κ3) is 3.25. The van der Waals surface area contributed by atoms with Gasteiger partial charge in [0.15, 0.2) is 5.82 Å². The topological polar surface area (TPSA) is 86.4 Å². The average Bonchev–Trinajstić information content (AvgIpc) is 2.88. The minimum absolute atomic E-state index is 0.0265. The van der Waals surface area contributed by atoms with E-state index in [1.54, 1.807) is 30.3 Å². The van der Waals surface area contributed by atoms with Crippen molar-refractivity contribution in [3.05, 3.63) is 57.8 Å². The van der Waals surface area contributed by atoms with Gasteiger partial charge in [0.2, 0.25) is 4.77 Å². The number of halogens is 1. The fraction of sp³-hybridized carbons (Fsp3) is 0. The molecule has 0 aliphatic rings. The van der Waals surface area contributed by atoms with E-state index in [1.807, 2.05) is 0 Å². The maximum atomic E-state index is 9.78. The molecule has 0 saturated heterocycles. The van der Waals surface area contributed by atoms with Gasteiger partial charge in [-0.1, -0.05) is 11.6 Å². The molecule has 1 aromatic heterocycles. The smallest absolute Gasteiger partial charge is 0.216 e. The number of rotatable bonds is 3. The number of hydrogen-bond acceptors (Lipinski definition) is 5. The van der Waals surface area contributed by atoms with Crippen molar-refractivity contribution >= 4 is 30.0 Å². The first kappa shape index (κ1) is 15.3. The van der Waals surface area contributed by atoms with Gasteiger partial charge in [0.05, 0.1) is 6.21 Å². The molecule has 8 heteroatoms. The van der Waals surface area contributed by atoms with E-state index in [9.17, 15) is 10.2 Å². The molecule has 0 radical (unpaired) electrons. The Morgan fingerprint density at radius 1 is 1.17 bits per heavy atom. The summed E-state index contributed by atoms with van der Waals surface area (Å²) in [5.41, 5.74) is 1.22. The van der Waals surface area contributed by atoms with E-state index in [1.165, 1.54) is 23.0 Å². The zero-order valence-corrected chi connectivity index (χ0v) is 13.2. The van der Waals surface area contributed by atoms with Crippen LogP contribution in [0.15, 0.2) is 47.6 Å². The van der Waals surface area contributed by atoms with Crippen molar-refractivity contribution in [2.45, 2.75) is 0 Å². The quantitative estimate of drug-likeness (QED) is 0.500. The number of aromatic nitrogens is 3. The number of H-pyrrole nitrogens is 1. The molecule has 3 aromatic rings. The third-order valence-corrected chi connectivity index (χ3v) is 3.60. The second-order valence-electron chi connectivity index (χ2n) is 4.66. The molecular weight excluding hydrogens is 336 g/mol. The lowest BCUT2D eigenvalue weighted by atomic mass is 10.2. The summed E-state index contributed by atoms with van der Waals surface area (Å²) in [5.74, 6) is 0.402. The molecule has 0 saturated carbocycles. The molecule has 2 aromatic carbocycles. The van der Waals surface area contributed by atoms with E-state index < -0.39 is 0 Å². The predicted molar refractivity (Wildman–Crippen MR) is 90.6 cm³/mol. The van der Waals surface area contributed by atoms with Crippen LogP contribution in [-0.4, -0.2) is 31.3 Å². The van der Waals surface area contributed by atoms with Crippen molar-refractivity contribution in [2.24, 2.45) is 5.10 Å². The largest absolute Gasteiger partial charge is 0.508 e. The van der Waals surface area contributed by atoms with Gasteiger partial charge in [0, 0.05) is 22.2 Å². The Kier molecular flexibility index (Phi) is 4.14. The molecule has 3 N–H and O–H groups in total. The Morgan fingerprint density at radius 2 is 1.91 bits per heavy atom. The predicted octanol–water partition coefficient (Wildman–Crippen LogP) is 3.55. The SMILES string of the molecule is Oc1ccc(C=Nn2c(-c3ccc(Cl)cc3)n[nH]c2=S)c(O)c1. The Morgan fingerprint density at radius 3 is 2.61 bits per heavy atom. The minimum Gasteiger partial charge on any atom is -0.508 e. The monoisotopic (exact) mass is 346 g/mol. The molecule has 0 bridgehead atoms. The Labute approximate surface area is 141 Å². The van der Waals surface area contributed by atoms with Gasteiger partial charge >= 0.3 is 0 Å². The van der Waals surface area contributed by atoms with E-state index in [0.29, 0.717) is 21.2 Å². The Balaban J connectivity index is 2.00. The summed E-state index contributed by atoms with van der Waals surface area (Å²) in [6, 6.07) is 11.3. The second kappa shape index (κ2) is 6.23. The lowest BCUT2D eigenvalue weighted by molar-refractivity contribution is 0.450. The van der Waals surface area contributed by atoms with E-state index >= 15 is 0 Å². The molecule has 23 heavy (non-hydrogen) atoms. The van der Waals surface area contributed by atoms with Crippen LogP contribution in [0.25, 0.3) is 11.4 Å². The molecule has 0 amide bonds. The summed E-state index contributed by atoms with van der Waals surface area (Å²) in [5, 5.41) is 30.8. The van der Waals surface area contributed by atoms with Crippen LogP contribution in [0.2, 0.25) is 5.02 Å². The Bertz CT molecular complexity index is 931. The lowest BCUT2D eigenvalue weighted by Crippen LogP contribution is -1.95. The molecule has 0 aliphatic heterocycles. The van der Waals surface area contributed by atoms with Crippen LogP contribution in [0.1, 0.15) is 5.56 Å². The zero-order valence-electron chi connectivity index (χ0n) is 11.6. The van der Waals surface area contributed by atoms with Gasteiger partial charge < -0.3 is 10.2 Å². The van der Waals surface area contributed by atoms with Crippen LogP contribution in [0, 0.1) is 4.77 Å². The molecule has 6 nitrogen and oxygen atoms in total. The molecule has 0 spiro atoms.